The van der Waals surface area contributed by atoms with Gasteiger partial charge in [0.1, 0.15) is 5.75 Å². The molecule has 0 aliphatic carbocycles. The molecule has 1 aromatic carbocycles. The Kier molecular flexibility index (Phi) is 4.82. The predicted octanol–water partition coefficient (Wildman–Crippen LogP) is -1.40. The average molecular weight is 306 g/mol. The fraction of sp³-hybridized carbons (Fsp3) is 0.357. The van der Waals surface area contributed by atoms with E-state index in [-0.39, 0.29) is 31.4 Å². The molecule has 2 rings (SSSR count). The van der Waals surface area contributed by atoms with Crippen molar-refractivity contribution in [2.75, 3.05) is 31.6 Å². The van der Waals surface area contributed by atoms with Gasteiger partial charge in [-0.05, 0) is 12.1 Å². The molecule has 0 saturated carbocycles. The number of rotatable bonds is 5. The van der Waals surface area contributed by atoms with Crippen LogP contribution in [0.2, 0.25) is 0 Å². The molecule has 1 atom stereocenters. The maximum absolute atomic E-state index is 11.9. The second kappa shape index (κ2) is 6.79. The largest absolute Gasteiger partial charge is 0.477 e. The van der Waals surface area contributed by atoms with Gasteiger partial charge < -0.3 is 26.0 Å². The Bertz CT molecular complexity index is 590. The number of para-hydroxylation sites is 2. The van der Waals surface area contributed by atoms with E-state index in [2.05, 4.69) is 10.6 Å². The molecular weight excluding hydrogens is 288 g/mol. The number of anilines is 1. The fourth-order valence-corrected chi connectivity index (χ4v) is 2.17. The average Bonchev–Trinajstić information content (AvgIpc) is 2.52. The lowest BCUT2D eigenvalue weighted by Gasteiger charge is -2.34. The Morgan fingerprint density at radius 1 is 1.36 bits per heavy atom. The van der Waals surface area contributed by atoms with E-state index in [1.54, 1.807) is 23.1 Å². The Morgan fingerprint density at radius 3 is 2.77 bits per heavy atom. The molecule has 118 valence electrons. The zero-order chi connectivity index (χ0) is 16.1. The van der Waals surface area contributed by atoms with Crippen molar-refractivity contribution in [1.82, 2.24) is 10.6 Å². The van der Waals surface area contributed by atoms with Crippen molar-refractivity contribution < 1.29 is 19.1 Å². The molecule has 0 aromatic heterocycles. The van der Waals surface area contributed by atoms with E-state index >= 15 is 0 Å². The second-order valence-electron chi connectivity index (χ2n) is 4.81. The number of nitrogens with one attached hydrogen (secondary N) is 2. The van der Waals surface area contributed by atoms with Crippen LogP contribution in [0.4, 0.5) is 5.69 Å². The summed E-state index contributed by atoms with van der Waals surface area (Å²) in [6.45, 7) is 0.0194. The number of ether oxygens (including phenoxy) is 1. The van der Waals surface area contributed by atoms with Crippen molar-refractivity contribution in [2.45, 2.75) is 6.10 Å². The highest BCUT2D eigenvalue weighted by molar-refractivity contribution is 5.88. The lowest BCUT2D eigenvalue weighted by atomic mass is 10.1. The smallest absolute Gasteiger partial charge is 0.262 e. The van der Waals surface area contributed by atoms with Crippen LogP contribution in [0.25, 0.3) is 0 Å². The van der Waals surface area contributed by atoms with E-state index in [1.165, 1.54) is 7.05 Å². The molecule has 3 amide bonds. The highest BCUT2D eigenvalue weighted by Crippen LogP contribution is 2.32. The Labute approximate surface area is 127 Å². The molecule has 0 radical (unpaired) electrons. The lowest BCUT2D eigenvalue weighted by molar-refractivity contribution is -0.127. The van der Waals surface area contributed by atoms with Crippen LogP contribution >= 0.6 is 0 Å². The number of benzene rings is 1. The summed E-state index contributed by atoms with van der Waals surface area (Å²) in [5.74, 6) is -0.702. The first-order valence-corrected chi connectivity index (χ1v) is 6.78. The molecule has 1 aliphatic rings. The van der Waals surface area contributed by atoms with Crippen LogP contribution in [0.5, 0.6) is 5.75 Å². The normalized spacial score (nSPS) is 16.2. The molecule has 1 aliphatic heterocycles. The SMILES string of the molecule is CNC(=O)[C@H]1CN(CC(=O)NCC(N)=O)c2ccccc2O1. The molecule has 0 fully saturated rings. The third-order valence-corrected chi connectivity index (χ3v) is 3.19. The maximum Gasteiger partial charge on any atom is 0.262 e. The topological polar surface area (TPSA) is 114 Å². The van der Waals surface area contributed by atoms with Crippen LogP contribution in [0.1, 0.15) is 0 Å². The fourth-order valence-electron chi connectivity index (χ4n) is 2.17. The lowest BCUT2D eigenvalue weighted by Crippen LogP contribution is -2.51. The van der Waals surface area contributed by atoms with E-state index < -0.39 is 12.0 Å². The van der Waals surface area contributed by atoms with Crippen molar-refractivity contribution in [3.05, 3.63) is 24.3 Å². The molecule has 1 aromatic rings. The van der Waals surface area contributed by atoms with E-state index in [0.717, 1.165) is 5.69 Å². The third kappa shape index (κ3) is 3.66. The van der Waals surface area contributed by atoms with Gasteiger partial charge in [-0.15, -0.1) is 0 Å². The minimum atomic E-state index is -0.705. The van der Waals surface area contributed by atoms with Gasteiger partial charge in [-0.3, -0.25) is 14.4 Å². The number of hydrogen-bond donors (Lipinski definition) is 3. The molecule has 4 N–H and O–H groups in total. The molecule has 8 nitrogen and oxygen atoms in total. The maximum atomic E-state index is 11.9. The highest BCUT2D eigenvalue weighted by atomic mass is 16.5. The number of amides is 3. The van der Waals surface area contributed by atoms with E-state index in [4.69, 9.17) is 10.5 Å². The Morgan fingerprint density at radius 2 is 2.09 bits per heavy atom. The molecule has 22 heavy (non-hydrogen) atoms. The zero-order valence-corrected chi connectivity index (χ0v) is 12.2. The molecule has 1 heterocycles. The van der Waals surface area contributed by atoms with E-state index in [1.807, 2.05) is 6.07 Å². The standard InChI is InChI=1S/C14H18N4O4/c1-16-14(21)11-7-18(8-13(20)17-6-12(15)19)9-4-2-3-5-10(9)22-11/h2-5,11H,6-8H2,1H3,(H2,15,19)(H,16,21)(H,17,20)/t11-/m1/s1. The Balaban J connectivity index is 2.12. The highest BCUT2D eigenvalue weighted by Gasteiger charge is 2.30. The third-order valence-electron chi connectivity index (χ3n) is 3.19. The summed E-state index contributed by atoms with van der Waals surface area (Å²) in [6, 6.07) is 7.14. The van der Waals surface area contributed by atoms with Crippen LogP contribution < -0.4 is 26.0 Å². The predicted molar refractivity (Wildman–Crippen MR) is 79.3 cm³/mol. The van der Waals surface area contributed by atoms with Gasteiger partial charge in [0.05, 0.1) is 25.3 Å². The first-order chi connectivity index (χ1) is 10.5. The number of hydrogen-bond acceptors (Lipinski definition) is 5. The van der Waals surface area contributed by atoms with Gasteiger partial charge in [0.25, 0.3) is 5.91 Å². The number of likely N-dealkylation sites (N-methyl/N-ethyl adjacent to an activating group) is 1. The van der Waals surface area contributed by atoms with Crippen molar-refractivity contribution >= 4 is 23.4 Å². The van der Waals surface area contributed by atoms with Crippen molar-refractivity contribution in [3.8, 4) is 5.75 Å². The van der Waals surface area contributed by atoms with Gasteiger partial charge in [-0.25, -0.2) is 0 Å². The summed E-state index contributed by atoms with van der Waals surface area (Å²) in [5.41, 5.74) is 5.71. The molecule has 0 bridgehead atoms. The van der Waals surface area contributed by atoms with E-state index in [9.17, 15) is 14.4 Å². The zero-order valence-electron chi connectivity index (χ0n) is 12.2. The summed E-state index contributed by atoms with van der Waals surface area (Å²) in [6.07, 6.45) is -0.705. The van der Waals surface area contributed by atoms with Gasteiger partial charge in [0.15, 0.2) is 6.10 Å². The van der Waals surface area contributed by atoms with E-state index in [0.29, 0.717) is 5.75 Å². The number of primary amides is 1. The van der Waals surface area contributed by atoms with Crippen LogP contribution in [0, 0.1) is 0 Å². The summed E-state index contributed by atoms with van der Waals surface area (Å²) in [4.78, 5) is 36.1. The molecule has 8 heteroatoms. The second-order valence-corrected chi connectivity index (χ2v) is 4.81. The number of carbonyl (C=O) groups excluding carboxylic acids is 3. The van der Waals surface area contributed by atoms with Crippen LogP contribution in [0.15, 0.2) is 24.3 Å². The van der Waals surface area contributed by atoms with Crippen LogP contribution in [-0.2, 0) is 14.4 Å². The Hall–Kier alpha value is -2.77. The summed E-state index contributed by atoms with van der Waals surface area (Å²) >= 11 is 0. The van der Waals surface area contributed by atoms with Gasteiger partial charge in [-0.1, -0.05) is 12.1 Å². The van der Waals surface area contributed by atoms with Gasteiger partial charge in [-0.2, -0.15) is 0 Å². The van der Waals surface area contributed by atoms with Gasteiger partial charge in [0, 0.05) is 7.05 Å². The van der Waals surface area contributed by atoms with Crippen molar-refractivity contribution in [3.63, 3.8) is 0 Å². The molecule has 0 saturated heterocycles. The summed E-state index contributed by atoms with van der Waals surface area (Å²) in [5, 5.41) is 4.95. The summed E-state index contributed by atoms with van der Waals surface area (Å²) < 4.78 is 5.64. The van der Waals surface area contributed by atoms with Crippen molar-refractivity contribution in [2.24, 2.45) is 5.73 Å². The minimum absolute atomic E-state index is 0.00114. The minimum Gasteiger partial charge on any atom is -0.477 e. The van der Waals surface area contributed by atoms with Crippen LogP contribution in [0.3, 0.4) is 0 Å². The molecule has 0 unspecified atom stereocenters. The number of fused-ring (bicyclic) bond motifs is 1. The van der Waals surface area contributed by atoms with Crippen LogP contribution in [-0.4, -0.2) is 50.5 Å². The monoisotopic (exact) mass is 306 g/mol. The summed E-state index contributed by atoms with van der Waals surface area (Å²) in [7, 11) is 1.52. The first kappa shape index (κ1) is 15.6. The number of nitrogens with zero attached hydrogens (tertiary/aromatic N) is 1. The number of nitrogens with two attached hydrogens (primary N) is 1. The number of carbonyl (C=O) groups is 3. The first-order valence-electron chi connectivity index (χ1n) is 6.78. The van der Waals surface area contributed by atoms with Gasteiger partial charge >= 0.3 is 0 Å². The molecular formula is C14H18N4O4. The quantitative estimate of drug-likeness (QED) is 0.619. The van der Waals surface area contributed by atoms with Gasteiger partial charge in [0.2, 0.25) is 11.8 Å². The van der Waals surface area contributed by atoms with Crippen molar-refractivity contribution in [1.29, 1.82) is 0 Å². The molecule has 0 spiro atoms.